The van der Waals surface area contributed by atoms with Gasteiger partial charge in [0.05, 0.1) is 0 Å². The average Bonchev–Trinajstić information content (AvgIpc) is 0.811. The van der Waals surface area contributed by atoms with Crippen molar-refractivity contribution in [2.24, 2.45) is 0 Å². The van der Waals surface area contributed by atoms with Gasteiger partial charge in [-0.25, -0.2) is 0 Å². The average molecular weight is 144 g/mol. The maximum atomic E-state index is 7.62. The Morgan fingerprint density at radius 3 is 1.50 bits per heavy atom. The van der Waals surface area contributed by atoms with E-state index in [2.05, 4.69) is 15.6 Å². The van der Waals surface area contributed by atoms with E-state index >= 15 is 0 Å². The van der Waals surface area contributed by atoms with E-state index < -0.39 is 7.07 Å². The van der Waals surface area contributed by atoms with Gasteiger partial charge in [-0.1, -0.05) is 0 Å². The third-order valence-electron chi connectivity index (χ3n) is 0. The number of rotatable bonds is 0. The van der Waals surface area contributed by atoms with Gasteiger partial charge < -0.3 is 0 Å². The van der Waals surface area contributed by atoms with Gasteiger partial charge in [0.25, 0.3) is 0 Å². The predicted molar refractivity (Wildman–Crippen MR) is 17.1 cm³/mol. The zero-order valence-electron chi connectivity index (χ0n) is 1.75. The van der Waals surface area contributed by atoms with E-state index in [-0.39, 0.29) is 0 Å². The molecule has 0 saturated carbocycles. The molecule has 0 amide bonds. The van der Waals surface area contributed by atoms with Gasteiger partial charge in [0, 0.05) is 0 Å². The molecule has 0 unspecified atom stereocenters. The van der Waals surface area contributed by atoms with Crippen LogP contribution in [0.15, 0.2) is 0 Å². The zero-order valence-corrected chi connectivity index (χ0v) is 4.36. The van der Waals surface area contributed by atoms with Crippen molar-refractivity contribution in [2.75, 3.05) is 0 Å². The third-order valence-corrected chi connectivity index (χ3v) is 0. The molecule has 0 aromatic heterocycles. The molecule has 0 aromatic carbocycles. The van der Waals surface area contributed by atoms with Crippen LogP contribution < -0.4 is 0 Å². The molecule has 0 radical (unpaired) electrons. The molecule has 2 nitrogen and oxygen atoms in total. The first kappa shape index (κ1) is 4.87. The van der Waals surface area contributed by atoms with E-state index in [1.807, 2.05) is 0 Å². The zero-order chi connectivity index (χ0) is 3.58. The van der Waals surface area contributed by atoms with E-state index in [4.69, 9.17) is 9.79 Å². The molecular weight excluding hydrogens is 142 g/mol. The van der Waals surface area contributed by atoms with E-state index in [0.29, 0.717) is 0 Å². The van der Waals surface area contributed by atoms with Gasteiger partial charge in [0.2, 0.25) is 0 Å². The summed E-state index contributed by atoms with van der Waals surface area (Å²) in [4.78, 5) is 15.2. The van der Waals surface area contributed by atoms with Gasteiger partial charge in [0.15, 0.2) is 0 Å². The molecule has 0 fully saturated rings. The van der Waals surface area contributed by atoms with Crippen molar-refractivity contribution in [2.45, 2.75) is 0 Å². The van der Waals surface area contributed by atoms with Crippen LogP contribution in [0, 0.1) is 0 Å². The molecule has 0 aliphatic heterocycles. The molecule has 0 spiro atoms. The molecule has 0 atom stereocenters. The fourth-order valence-electron chi connectivity index (χ4n) is 0. The Bertz CT molecular complexity index is 10.8. The van der Waals surface area contributed by atoms with Gasteiger partial charge in [-0.2, -0.15) is 0 Å². The van der Waals surface area contributed by atoms with Crippen LogP contribution in [0.4, 0.5) is 0 Å². The van der Waals surface area contributed by atoms with E-state index in [1.165, 1.54) is 0 Å². The monoisotopic (exact) mass is 145 g/mol. The molecule has 0 saturated heterocycles. The van der Waals surface area contributed by atoms with Crippen molar-refractivity contribution in [1.29, 1.82) is 0 Å². The van der Waals surface area contributed by atoms with E-state index in [9.17, 15) is 0 Å². The van der Waals surface area contributed by atoms with Crippen molar-refractivity contribution in [1.82, 2.24) is 0 Å². The Labute approximate surface area is 33.2 Å². The Kier molecular flexibility index (Phi) is 2.59. The molecule has 4 heavy (non-hydrogen) atoms. The Balaban J connectivity index is 2.32. The summed E-state index contributed by atoms with van der Waals surface area (Å²) in [6.45, 7) is 0. The van der Waals surface area contributed by atoms with E-state index in [1.54, 1.807) is 0 Å². The summed E-state index contributed by atoms with van der Waals surface area (Å²) in [6, 6.07) is 0. The van der Waals surface area contributed by atoms with Gasteiger partial charge >= 0.3 is 32.4 Å². The minimum atomic E-state index is -1.75. The van der Waals surface area contributed by atoms with Crippen molar-refractivity contribution in [3.05, 3.63) is 0 Å². The van der Waals surface area contributed by atoms with Crippen LogP contribution in [-0.2, 0) is 0 Å². The van der Waals surface area contributed by atoms with Crippen LogP contribution in [-0.4, -0.2) is 25.4 Å². The first-order valence-electron chi connectivity index (χ1n) is 0.583. The third kappa shape index (κ3) is 13.3. The molecular formula is H2O2PSe-. The van der Waals surface area contributed by atoms with Crippen LogP contribution in [0.5, 0.6) is 0 Å². The second-order valence-corrected chi connectivity index (χ2v) is 2.81. The van der Waals surface area contributed by atoms with Crippen molar-refractivity contribution in [3.63, 3.8) is 0 Å². The van der Waals surface area contributed by atoms with Crippen LogP contribution in [0.1, 0.15) is 0 Å². The van der Waals surface area contributed by atoms with Crippen molar-refractivity contribution in [3.8, 4) is 0 Å². The van der Waals surface area contributed by atoms with Gasteiger partial charge in [-0.05, 0) is 0 Å². The van der Waals surface area contributed by atoms with Crippen molar-refractivity contribution < 1.29 is 9.79 Å². The normalized spacial score (nSPS) is 9.00. The summed E-state index contributed by atoms with van der Waals surface area (Å²) in [5, 5.41) is 0. The van der Waals surface area contributed by atoms with Crippen molar-refractivity contribution >= 4 is 22.6 Å². The fourth-order valence-corrected chi connectivity index (χ4v) is 0. The number of hydrogen-bond donors (Lipinski definition) is 2. The SMILES string of the molecule is OP(O)[Se-]. The summed E-state index contributed by atoms with van der Waals surface area (Å²) in [6.07, 6.45) is 0. The Morgan fingerprint density at radius 1 is 1.50 bits per heavy atom. The first-order chi connectivity index (χ1) is 1.73. The molecule has 4 heteroatoms. The second-order valence-electron chi connectivity index (χ2n) is 0.253. The molecule has 2 N–H and O–H groups in total. The molecule has 0 heterocycles. The predicted octanol–water partition coefficient (Wildman–Crippen LogP) is -0.634. The molecule has 26 valence electrons. The second kappa shape index (κ2) is 2.13. The summed E-state index contributed by atoms with van der Waals surface area (Å²) >= 11 is 2.08. The number of hydrogen-bond acceptors (Lipinski definition) is 2. The quantitative estimate of drug-likeness (QED) is 0.351. The standard InChI is InChI=1S/H2O2PSe/c1-3(2)4/h1-2H/q-1. The summed E-state index contributed by atoms with van der Waals surface area (Å²) in [5.74, 6) is 0. The summed E-state index contributed by atoms with van der Waals surface area (Å²) in [7, 11) is -1.75. The van der Waals surface area contributed by atoms with Gasteiger partial charge in [-0.3, -0.25) is 0 Å². The van der Waals surface area contributed by atoms with Crippen LogP contribution in [0.2, 0.25) is 0 Å². The van der Waals surface area contributed by atoms with Crippen LogP contribution in [0.25, 0.3) is 0 Å². The van der Waals surface area contributed by atoms with Crippen LogP contribution in [0.3, 0.4) is 0 Å². The summed E-state index contributed by atoms with van der Waals surface area (Å²) in [5.41, 5.74) is 0. The fraction of sp³-hybridized carbons (Fsp3) is 0. The molecule has 0 aliphatic carbocycles. The van der Waals surface area contributed by atoms with Gasteiger partial charge in [-0.15, -0.1) is 0 Å². The Hall–Kier alpha value is 0.869. The van der Waals surface area contributed by atoms with Gasteiger partial charge in [0.1, 0.15) is 0 Å². The summed E-state index contributed by atoms with van der Waals surface area (Å²) < 4.78 is 0. The molecule has 0 bridgehead atoms. The topological polar surface area (TPSA) is 40.5 Å². The van der Waals surface area contributed by atoms with E-state index in [0.717, 1.165) is 0 Å². The first-order valence-corrected chi connectivity index (χ1v) is 4.05. The molecule has 0 aromatic rings. The minimum absolute atomic E-state index is 1.75. The molecule has 0 rings (SSSR count). The maximum absolute atomic E-state index is 7.62. The Morgan fingerprint density at radius 2 is 1.50 bits per heavy atom. The van der Waals surface area contributed by atoms with Crippen LogP contribution >= 0.6 is 7.07 Å². The molecule has 0 aliphatic rings.